The van der Waals surface area contributed by atoms with Crippen molar-refractivity contribution in [2.45, 2.75) is 0 Å². The number of nitrogen functional groups attached to an aromatic ring is 3. The van der Waals surface area contributed by atoms with Gasteiger partial charge in [0, 0.05) is 0 Å². The van der Waals surface area contributed by atoms with E-state index in [9.17, 15) is 9.13 Å². The highest BCUT2D eigenvalue weighted by Gasteiger charge is 2.27. The third-order valence-electron chi connectivity index (χ3n) is 0.900. The van der Waals surface area contributed by atoms with Gasteiger partial charge in [0.15, 0.2) is 0 Å². The van der Waals surface area contributed by atoms with Crippen LogP contribution in [0.5, 0.6) is 0 Å². The third-order valence-corrected chi connectivity index (χ3v) is 2.60. The van der Waals surface area contributed by atoms with Crippen molar-refractivity contribution in [2.24, 2.45) is 11.5 Å². The number of amides is 2. The monoisotopic (exact) mass is 381 g/mol. The fourth-order valence-electron chi connectivity index (χ4n) is 0.566. The highest BCUT2D eigenvalue weighted by atomic mass is 31.3. The van der Waals surface area contributed by atoms with Gasteiger partial charge in [-0.3, -0.25) is 0 Å². The summed E-state index contributed by atoms with van der Waals surface area (Å²) in [5, 5.41) is 0. The maximum atomic E-state index is 9.63. The Balaban J connectivity index is -0.000000274. The molecule has 0 atom stereocenters. The van der Waals surface area contributed by atoms with E-state index in [2.05, 4.69) is 30.7 Å². The van der Waals surface area contributed by atoms with Crippen molar-refractivity contribution in [1.29, 1.82) is 0 Å². The van der Waals surface area contributed by atoms with Crippen LogP contribution in [0.15, 0.2) is 0 Å². The molecule has 19 heteroatoms. The van der Waals surface area contributed by atoms with Crippen LogP contribution in [0.4, 0.5) is 22.6 Å². The molecule has 2 amide bonds. The summed E-state index contributed by atoms with van der Waals surface area (Å²) in [6, 6.07) is -0.833. The van der Waals surface area contributed by atoms with E-state index in [0.717, 1.165) is 0 Å². The van der Waals surface area contributed by atoms with Gasteiger partial charge in [-0.2, -0.15) is 19.3 Å². The van der Waals surface area contributed by atoms with E-state index < -0.39 is 21.7 Å². The van der Waals surface area contributed by atoms with Crippen LogP contribution in [0.3, 0.4) is 0 Å². The summed E-state index contributed by atoms with van der Waals surface area (Å²) in [7, 11) is -10.1. The lowest BCUT2D eigenvalue weighted by Crippen LogP contribution is -2.18. The van der Waals surface area contributed by atoms with Crippen LogP contribution in [-0.2, 0) is 13.4 Å². The van der Waals surface area contributed by atoms with Gasteiger partial charge in [-0.05, 0) is 0 Å². The van der Waals surface area contributed by atoms with Crippen molar-refractivity contribution in [3.05, 3.63) is 0 Å². The molecule has 0 saturated carbocycles. The zero-order chi connectivity index (χ0) is 18.1. The number of aromatic nitrogens is 3. The first kappa shape index (κ1) is 25.8. The Labute approximate surface area is 128 Å². The van der Waals surface area contributed by atoms with E-state index in [1.54, 1.807) is 0 Å². The van der Waals surface area contributed by atoms with Crippen LogP contribution in [0.2, 0.25) is 0 Å². The highest BCUT2D eigenvalue weighted by molar-refractivity contribution is 7.60. The minimum absolute atomic E-state index is 0. The molecule has 23 heavy (non-hydrogen) atoms. The van der Waals surface area contributed by atoms with Gasteiger partial charge in [0.25, 0.3) is 0 Å². The van der Waals surface area contributed by atoms with Crippen LogP contribution < -0.4 is 34.8 Å². The first-order chi connectivity index (χ1) is 9.62. The molecule has 0 aliphatic rings. The highest BCUT2D eigenvalue weighted by Crippen LogP contribution is 2.53. The predicted molar refractivity (Wildman–Crippen MR) is 77.0 cm³/mol. The molecule has 0 spiro atoms. The molecule has 1 heterocycles. The maximum Gasteiger partial charge on any atom is 0.478 e. The fourth-order valence-corrected chi connectivity index (χ4v) is 1.67. The second-order valence-electron chi connectivity index (χ2n) is 2.88. The number of primary amides is 2. The molecule has 0 aliphatic heterocycles. The molecule has 1 aromatic rings. The number of hydrogen-bond donors (Lipinski definition) is 10. The molecule has 0 bridgehead atoms. The van der Waals surface area contributed by atoms with Gasteiger partial charge in [0.05, 0.1) is 0 Å². The Kier molecular flexibility index (Phi) is 11.9. The Morgan fingerprint density at radius 1 is 0.826 bits per heavy atom. The second kappa shape index (κ2) is 10.6. The first-order valence-electron chi connectivity index (χ1n) is 4.52. The fraction of sp³-hybridized carbons (Fsp3) is 0. The average molecular weight is 381 g/mol. The normalized spacial score (nSPS) is 10.1. The summed E-state index contributed by atoms with van der Waals surface area (Å²) >= 11 is 0. The summed E-state index contributed by atoms with van der Waals surface area (Å²) in [5.41, 5.74) is 23.9. The van der Waals surface area contributed by atoms with E-state index in [1.165, 1.54) is 0 Å². The average Bonchev–Trinajstić information content (AvgIpc) is 2.06. The Morgan fingerprint density at radius 2 is 1.00 bits per heavy atom. The molecule has 17 nitrogen and oxygen atoms in total. The van der Waals surface area contributed by atoms with Gasteiger partial charge >= 0.3 is 21.7 Å². The van der Waals surface area contributed by atoms with Crippen LogP contribution in [0.1, 0.15) is 0 Å². The molecule has 1 aromatic heterocycles. The lowest BCUT2D eigenvalue weighted by molar-refractivity contribution is 0.225. The summed E-state index contributed by atoms with van der Waals surface area (Å²) in [6.45, 7) is 0. The van der Waals surface area contributed by atoms with Crippen LogP contribution in [0, 0.1) is 0 Å². The van der Waals surface area contributed by atoms with Gasteiger partial charge in [-0.15, -0.1) is 0 Å². The third kappa shape index (κ3) is 25.2. The number of nitrogens with two attached hydrogens (primary N) is 5. The molecular formula is C4H17N9O8P2. The number of nitrogens with zero attached hydrogens (tertiary/aromatic N) is 3. The van der Waals surface area contributed by atoms with Crippen molar-refractivity contribution in [3.63, 3.8) is 0 Å². The molecule has 0 aromatic carbocycles. The number of rotatable bonds is 2. The van der Waals surface area contributed by atoms with E-state index >= 15 is 0 Å². The van der Waals surface area contributed by atoms with E-state index in [4.69, 9.17) is 41.6 Å². The Morgan fingerprint density at radius 3 is 1.09 bits per heavy atom. The molecular weight excluding hydrogens is 364 g/mol. The largest absolute Gasteiger partial charge is 0.478 e. The van der Waals surface area contributed by atoms with E-state index in [1.807, 2.05) is 0 Å². The minimum atomic E-state index is -5.05. The van der Waals surface area contributed by atoms with Gasteiger partial charge in [0.1, 0.15) is 0 Å². The number of anilines is 3. The van der Waals surface area contributed by atoms with E-state index in [-0.39, 0.29) is 24.0 Å². The van der Waals surface area contributed by atoms with Crippen LogP contribution in [0.25, 0.3) is 0 Å². The molecule has 136 valence electrons. The predicted octanol–water partition coefficient (Wildman–Crippen LogP) is -3.01. The van der Waals surface area contributed by atoms with Crippen LogP contribution in [-0.4, -0.2) is 40.6 Å². The molecule has 0 aliphatic carbocycles. The maximum absolute atomic E-state index is 9.63. The molecule has 1 rings (SSSR count). The van der Waals surface area contributed by atoms with Crippen LogP contribution >= 0.6 is 15.6 Å². The lowest BCUT2D eigenvalue weighted by Gasteiger charge is -2.03. The summed E-state index contributed by atoms with van der Waals surface area (Å²) in [5.74, 6) is 0.125. The Bertz CT molecular complexity index is 510. The SMILES string of the molecule is N.NC(N)=O.Nc1nc(N)nc(N)n1.O=P(O)(O)OP(=O)(O)O. The number of hydrogen-bond acceptors (Lipinski definition) is 11. The Hall–Kier alpha value is -2.10. The van der Waals surface area contributed by atoms with Crippen molar-refractivity contribution in [1.82, 2.24) is 21.1 Å². The quantitative estimate of drug-likeness (QED) is 0.228. The topological polar surface area (TPSA) is 345 Å². The van der Waals surface area contributed by atoms with E-state index in [0.29, 0.717) is 0 Å². The van der Waals surface area contributed by atoms with Gasteiger partial charge in [-0.25, -0.2) is 13.9 Å². The smallest absolute Gasteiger partial charge is 0.368 e. The minimum Gasteiger partial charge on any atom is -0.368 e. The summed E-state index contributed by atoms with van der Waals surface area (Å²) in [4.78, 5) is 50.5. The van der Waals surface area contributed by atoms with Gasteiger partial charge in [-0.1, -0.05) is 0 Å². The molecule has 17 N–H and O–H groups in total. The molecule has 0 radical (unpaired) electrons. The van der Waals surface area contributed by atoms with Crippen molar-refractivity contribution >= 4 is 39.5 Å². The zero-order valence-corrected chi connectivity index (χ0v) is 13.0. The summed E-state index contributed by atoms with van der Waals surface area (Å²) < 4.78 is 22.2. The number of urea groups is 1. The summed E-state index contributed by atoms with van der Waals surface area (Å²) in [6.07, 6.45) is 0. The zero-order valence-electron chi connectivity index (χ0n) is 11.3. The second-order valence-corrected chi connectivity index (χ2v) is 5.49. The molecule has 0 unspecified atom stereocenters. The van der Waals surface area contributed by atoms with Gasteiger partial charge < -0.3 is 54.4 Å². The van der Waals surface area contributed by atoms with Crippen molar-refractivity contribution < 1.29 is 37.8 Å². The number of carbonyl (C=O) groups is 1. The van der Waals surface area contributed by atoms with Crippen molar-refractivity contribution in [2.75, 3.05) is 17.2 Å². The van der Waals surface area contributed by atoms with Crippen molar-refractivity contribution in [3.8, 4) is 0 Å². The van der Waals surface area contributed by atoms with Gasteiger partial charge in [0.2, 0.25) is 17.8 Å². The standard InChI is InChI=1S/C3H6N6.CH4N2O.H3N.H4O7P2/c4-1-7-2(5)9-3(6)8-1;2-1(3)4;;1-8(2,3)7-9(4,5)6/h(H6,4,5,6,7,8,9);(H4,2,3,4);1H3;(H2,1,2,3)(H2,4,5,6). The first-order valence-corrected chi connectivity index (χ1v) is 7.58. The lowest BCUT2D eigenvalue weighted by atomic mass is 10.9. The molecule has 0 fully saturated rings. The number of carbonyl (C=O) groups excluding carboxylic acids is 1. The molecule has 0 saturated heterocycles. The number of phosphoric acid groups is 2.